The number of fused-ring (bicyclic) bond motifs is 2. The molecular formula is C21H15N. The summed E-state index contributed by atoms with van der Waals surface area (Å²) in [5.74, 6) is 0. The maximum Gasteiger partial charge on any atom is 0.0636 e. The molecule has 0 spiro atoms. The zero-order chi connectivity index (χ0) is 14.8. The van der Waals surface area contributed by atoms with Crippen molar-refractivity contribution in [2.45, 2.75) is 0 Å². The molecule has 0 saturated carbocycles. The minimum Gasteiger partial charge on any atom is -0.256 e. The summed E-state index contributed by atoms with van der Waals surface area (Å²) in [5, 5.41) is 4.93. The monoisotopic (exact) mass is 281 g/mol. The Bertz CT molecular complexity index is 978. The topological polar surface area (TPSA) is 12.4 Å². The third-order valence-corrected chi connectivity index (χ3v) is 3.91. The lowest BCUT2D eigenvalue weighted by Crippen LogP contribution is -1.83. The first kappa shape index (κ1) is 12.8. The number of nitrogens with zero attached hydrogens (tertiary/aromatic N) is 1. The van der Waals surface area contributed by atoms with Crippen molar-refractivity contribution in [1.29, 1.82) is 0 Å². The van der Waals surface area contributed by atoms with Gasteiger partial charge in [0.1, 0.15) is 0 Å². The standard InChI is InChI=1S/C21H15N/c1-2-8-18-14-20(13-12-16(18)6-1)22-15-19-10-5-9-17-7-3-4-11-21(17)19/h1-15H. The summed E-state index contributed by atoms with van der Waals surface area (Å²) in [7, 11) is 0. The van der Waals surface area contributed by atoms with Crippen molar-refractivity contribution >= 4 is 33.4 Å². The van der Waals surface area contributed by atoms with Crippen LogP contribution in [0.25, 0.3) is 21.5 Å². The molecule has 22 heavy (non-hydrogen) atoms. The van der Waals surface area contributed by atoms with E-state index in [0.29, 0.717) is 0 Å². The molecule has 0 unspecified atom stereocenters. The van der Waals surface area contributed by atoms with Crippen molar-refractivity contribution in [3.8, 4) is 0 Å². The molecule has 0 fully saturated rings. The van der Waals surface area contributed by atoms with Crippen LogP contribution in [0.5, 0.6) is 0 Å². The smallest absolute Gasteiger partial charge is 0.0636 e. The van der Waals surface area contributed by atoms with Crippen molar-refractivity contribution in [2.75, 3.05) is 0 Å². The second-order valence-corrected chi connectivity index (χ2v) is 5.36. The molecule has 1 nitrogen and oxygen atoms in total. The van der Waals surface area contributed by atoms with E-state index in [1.54, 1.807) is 0 Å². The van der Waals surface area contributed by atoms with Crippen LogP contribution in [0.1, 0.15) is 5.56 Å². The van der Waals surface area contributed by atoms with Gasteiger partial charge in [0.15, 0.2) is 0 Å². The van der Waals surface area contributed by atoms with E-state index < -0.39 is 0 Å². The SMILES string of the molecule is C(=Nc1ccc2ccccc2c1)c1cccc2ccccc12. The minimum absolute atomic E-state index is 0.978. The van der Waals surface area contributed by atoms with Gasteiger partial charge < -0.3 is 0 Å². The maximum atomic E-state index is 4.65. The normalized spacial score (nSPS) is 11.5. The predicted octanol–water partition coefficient (Wildman–Crippen LogP) is 5.74. The lowest BCUT2D eigenvalue weighted by atomic mass is 10.1. The van der Waals surface area contributed by atoms with Gasteiger partial charge in [-0.2, -0.15) is 0 Å². The number of hydrogen-bond acceptors (Lipinski definition) is 1. The van der Waals surface area contributed by atoms with E-state index >= 15 is 0 Å². The van der Waals surface area contributed by atoms with Crippen molar-refractivity contribution in [3.05, 3.63) is 90.5 Å². The molecular weight excluding hydrogens is 266 g/mol. The van der Waals surface area contributed by atoms with E-state index in [4.69, 9.17) is 0 Å². The molecule has 1 heteroatoms. The molecule has 4 aromatic carbocycles. The molecule has 0 heterocycles. The molecule has 104 valence electrons. The highest BCUT2D eigenvalue weighted by Gasteiger charge is 1.98. The first-order chi connectivity index (χ1) is 10.9. The summed E-state index contributed by atoms with van der Waals surface area (Å²) in [5.41, 5.74) is 2.12. The Balaban J connectivity index is 1.75. The molecule has 0 amide bonds. The molecule has 0 aromatic heterocycles. The van der Waals surface area contributed by atoms with Gasteiger partial charge >= 0.3 is 0 Å². The third kappa shape index (κ3) is 2.38. The largest absolute Gasteiger partial charge is 0.256 e. The number of hydrogen-bond donors (Lipinski definition) is 0. The van der Waals surface area contributed by atoms with Crippen LogP contribution in [0.2, 0.25) is 0 Å². The summed E-state index contributed by atoms with van der Waals surface area (Å²) < 4.78 is 0. The van der Waals surface area contributed by atoms with Crippen LogP contribution in [-0.4, -0.2) is 6.21 Å². The Morgan fingerprint density at radius 1 is 0.591 bits per heavy atom. The summed E-state index contributed by atoms with van der Waals surface area (Å²) in [6.07, 6.45) is 1.95. The van der Waals surface area contributed by atoms with E-state index in [0.717, 1.165) is 11.3 Å². The molecule has 0 aliphatic heterocycles. The maximum absolute atomic E-state index is 4.65. The molecule has 0 N–H and O–H groups in total. The van der Waals surface area contributed by atoms with Gasteiger partial charge in [-0.25, -0.2) is 0 Å². The van der Waals surface area contributed by atoms with Crippen molar-refractivity contribution < 1.29 is 0 Å². The zero-order valence-corrected chi connectivity index (χ0v) is 12.1. The fraction of sp³-hybridized carbons (Fsp3) is 0. The number of benzene rings is 4. The molecule has 0 atom stereocenters. The second kappa shape index (κ2) is 5.45. The molecule has 0 aliphatic carbocycles. The lowest BCUT2D eigenvalue weighted by Gasteiger charge is -2.02. The van der Waals surface area contributed by atoms with Gasteiger partial charge in [0.05, 0.1) is 5.69 Å². The third-order valence-electron chi connectivity index (χ3n) is 3.91. The Hall–Kier alpha value is -2.93. The van der Waals surface area contributed by atoms with Crippen LogP contribution < -0.4 is 0 Å². The summed E-state index contributed by atoms with van der Waals surface area (Å²) >= 11 is 0. The van der Waals surface area contributed by atoms with Crippen molar-refractivity contribution in [3.63, 3.8) is 0 Å². The van der Waals surface area contributed by atoms with Crippen LogP contribution in [0.4, 0.5) is 5.69 Å². The molecule has 4 rings (SSSR count). The lowest BCUT2D eigenvalue weighted by molar-refractivity contribution is 1.56. The molecule has 0 saturated heterocycles. The number of aliphatic imine (C=N–C) groups is 1. The highest BCUT2D eigenvalue weighted by Crippen LogP contribution is 2.22. The van der Waals surface area contributed by atoms with E-state index in [9.17, 15) is 0 Å². The first-order valence-corrected chi connectivity index (χ1v) is 7.41. The van der Waals surface area contributed by atoms with Crippen molar-refractivity contribution in [2.24, 2.45) is 4.99 Å². The van der Waals surface area contributed by atoms with E-state index in [1.807, 2.05) is 6.21 Å². The van der Waals surface area contributed by atoms with Crippen LogP contribution in [0.3, 0.4) is 0 Å². The van der Waals surface area contributed by atoms with Gasteiger partial charge in [-0.05, 0) is 33.7 Å². The second-order valence-electron chi connectivity index (χ2n) is 5.36. The van der Waals surface area contributed by atoms with Crippen LogP contribution >= 0.6 is 0 Å². The van der Waals surface area contributed by atoms with E-state index in [2.05, 4.69) is 89.9 Å². The summed E-state index contributed by atoms with van der Waals surface area (Å²) in [6.45, 7) is 0. The summed E-state index contributed by atoms with van der Waals surface area (Å²) in [6, 6.07) is 29.3. The Kier molecular flexibility index (Phi) is 3.17. The van der Waals surface area contributed by atoms with Gasteiger partial charge in [-0.1, -0.05) is 72.8 Å². The van der Waals surface area contributed by atoms with Crippen LogP contribution in [0, 0.1) is 0 Å². The zero-order valence-electron chi connectivity index (χ0n) is 12.1. The fourth-order valence-electron chi connectivity index (χ4n) is 2.76. The van der Waals surface area contributed by atoms with Crippen molar-refractivity contribution in [1.82, 2.24) is 0 Å². The minimum atomic E-state index is 0.978. The Morgan fingerprint density at radius 3 is 2.23 bits per heavy atom. The average molecular weight is 281 g/mol. The van der Waals surface area contributed by atoms with Gasteiger partial charge in [-0.3, -0.25) is 4.99 Å². The highest BCUT2D eigenvalue weighted by atomic mass is 14.7. The van der Waals surface area contributed by atoms with Crippen LogP contribution in [0.15, 0.2) is 89.9 Å². The Labute approximate surface area is 129 Å². The first-order valence-electron chi connectivity index (χ1n) is 7.41. The van der Waals surface area contributed by atoms with Crippen LogP contribution in [-0.2, 0) is 0 Å². The molecule has 0 bridgehead atoms. The molecule has 0 aliphatic rings. The molecule has 0 radical (unpaired) electrons. The highest BCUT2D eigenvalue weighted by molar-refractivity contribution is 6.00. The summed E-state index contributed by atoms with van der Waals surface area (Å²) in [4.78, 5) is 4.65. The fourth-order valence-corrected chi connectivity index (χ4v) is 2.76. The van der Waals surface area contributed by atoms with Gasteiger partial charge in [-0.15, -0.1) is 0 Å². The van der Waals surface area contributed by atoms with E-state index in [-0.39, 0.29) is 0 Å². The predicted molar refractivity (Wildman–Crippen MR) is 95.2 cm³/mol. The van der Waals surface area contributed by atoms with Gasteiger partial charge in [0.25, 0.3) is 0 Å². The Morgan fingerprint density at radius 2 is 1.32 bits per heavy atom. The van der Waals surface area contributed by atoms with Gasteiger partial charge in [0.2, 0.25) is 0 Å². The molecule has 4 aromatic rings. The number of rotatable bonds is 2. The average Bonchev–Trinajstić information content (AvgIpc) is 2.60. The van der Waals surface area contributed by atoms with Gasteiger partial charge in [0, 0.05) is 11.8 Å². The van der Waals surface area contributed by atoms with E-state index in [1.165, 1.54) is 21.5 Å². The quantitative estimate of drug-likeness (QED) is 0.415.